The van der Waals surface area contributed by atoms with Crippen LogP contribution in [0.5, 0.6) is 0 Å². The van der Waals surface area contributed by atoms with Gasteiger partial charge in [-0.05, 0) is 66.2 Å². The van der Waals surface area contributed by atoms with E-state index in [1.165, 1.54) is 12.1 Å². The Hall–Kier alpha value is -5.81. The van der Waals surface area contributed by atoms with Gasteiger partial charge in [-0.15, -0.1) is 0 Å². The molecule has 254 valence electrons. The summed E-state index contributed by atoms with van der Waals surface area (Å²) in [5.74, 6) is -1.71. The highest BCUT2D eigenvalue weighted by molar-refractivity contribution is 6.35. The van der Waals surface area contributed by atoms with E-state index < -0.39 is 17.8 Å². The summed E-state index contributed by atoms with van der Waals surface area (Å²) in [6.45, 7) is 0.173. The van der Waals surface area contributed by atoms with Gasteiger partial charge in [0.05, 0.1) is 41.7 Å². The van der Waals surface area contributed by atoms with E-state index >= 15 is 0 Å². The first-order chi connectivity index (χ1) is 24.3. The number of carbonyl (C=O) groups is 3. The summed E-state index contributed by atoms with van der Waals surface area (Å²) in [6, 6.07) is 29.1. The molecule has 0 aliphatic carbocycles. The van der Waals surface area contributed by atoms with Crippen molar-refractivity contribution in [3.8, 4) is 0 Å². The Kier molecular flexibility index (Phi) is 12.5. The van der Waals surface area contributed by atoms with Crippen LogP contribution in [0.15, 0.2) is 132 Å². The van der Waals surface area contributed by atoms with Gasteiger partial charge in [-0.3, -0.25) is 4.79 Å². The SMILES string of the molecule is CN(c1ccccc1)c1ccc(C=CC=CC=C2C(=O)ON=C2c2ccc(NC(=O)c3cccc(C(=O)OCCOCCO)c3)c(Cl)c2)cc1. The number of aliphatic hydroxyl groups excluding tert-OH is 1. The lowest BCUT2D eigenvalue weighted by molar-refractivity contribution is -0.136. The molecule has 1 aliphatic rings. The molecular formula is C39H34ClN3O7. The lowest BCUT2D eigenvalue weighted by atomic mass is 10.0. The van der Waals surface area contributed by atoms with Crippen LogP contribution >= 0.6 is 11.6 Å². The second-order valence-electron chi connectivity index (χ2n) is 10.8. The maximum atomic E-state index is 13.0. The molecule has 0 aromatic heterocycles. The number of rotatable bonds is 14. The van der Waals surface area contributed by atoms with Gasteiger partial charge in [0.1, 0.15) is 12.3 Å². The molecule has 1 heterocycles. The Labute approximate surface area is 294 Å². The van der Waals surface area contributed by atoms with Crippen molar-refractivity contribution in [2.24, 2.45) is 5.16 Å². The molecule has 0 fully saturated rings. The topological polar surface area (TPSA) is 127 Å². The molecule has 0 bridgehead atoms. The lowest BCUT2D eigenvalue weighted by Gasteiger charge is -2.19. The minimum absolute atomic E-state index is 0.00675. The summed E-state index contributed by atoms with van der Waals surface area (Å²) in [4.78, 5) is 44.9. The van der Waals surface area contributed by atoms with Gasteiger partial charge in [0.2, 0.25) is 0 Å². The van der Waals surface area contributed by atoms with Crippen LogP contribution in [-0.2, 0) is 19.1 Å². The number of halogens is 1. The number of benzene rings is 4. The number of para-hydroxylation sites is 1. The third-order valence-corrected chi connectivity index (χ3v) is 7.75. The van der Waals surface area contributed by atoms with Gasteiger partial charge in [0.15, 0.2) is 0 Å². The van der Waals surface area contributed by atoms with E-state index in [1.54, 1.807) is 48.6 Å². The van der Waals surface area contributed by atoms with Gasteiger partial charge in [0.25, 0.3) is 5.91 Å². The molecule has 0 spiro atoms. The van der Waals surface area contributed by atoms with E-state index in [0.29, 0.717) is 17.0 Å². The quantitative estimate of drug-likeness (QED) is 0.0477. The van der Waals surface area contributed by atoms with E-state index in [2.05, 4.69) is 39.6 Å². The van der Waals surface area contributed by atoms with Crippen LogP contribution in [0, 0.1) is 0 Å². The zero-order valence-corrected chi connectivity index (χ0v) is 27.9. The van der Waals surface area contributed by atoms with E-state index in [-0.39, 0.29) is 48.2 Å². The molecule has 1 amide bonds. The van der Waals surface area contributed by atoms with Crippen molar-refractivity contribution in [2.45, 2.75) is 0 Å². The number of hydrogen-bond acceptors (Lipinski definition) is 9. The van der Waals surface area contributed by atoms with Crippen LogP contribution in [0.1, 0.15) is 31.8 Å². The van der Waals surface area contributed by atoms with Gasteiger partial charge in [-0.2, -0.15) is 0 Å². The molecule has 5 rings (SSSR count). The normalized spacial score (nSPS) is 13.5. The first kappa shape index (κ1) is 35.5. The van der Waals surface area contributed by atoms with Crippen LogP contribution in [0.3, 0.4) is 0 Å². The predicted molar refractivity (Wildman–Crippen MR) is 194 cm³/mol. The molecule has 0 unspecified atom stereocenters. The number of amides is 1. The summed E-state index contributed by atoms with van der Waals surface area (Å²) < 4.78 is 10.2. The number of ether oxygens (including phenoxy) is 2. The van der Waals surface area contributed by atoms with Crippen molar-refractivity contribution in [1.29, 1.82) is 0 Å². The smallest absolute Gasteiger partial charge is 0.368 e. The maximum Gasteiger partial charge on any atom is 0.368 e. The van der Waals surface area contributed by atoms with E-state index in [4.69, 9.17) is 31.0 Å². The Bertz CT molecular complexity index is 1950. The van der Waals surface area contributed by atoms with Crippen molar-refractivity contribution in [2.75, 3.05) is 43.7 Å². The molecule has 0 atom stereocenters. The molecule has 2 N–H and O–H groups in total. The lowest BCUT2D eigenvalue weighted by Crippen LogP contribution is -2.15. The summed E-state index contributed by atoms with van der Waals surface area (Å²) in [5, 5.41) is 15.6. The molecule has 10 nitrogen and oxygen atoms in total. The number of allylic oxidation sites excluding steroid dienone is 4. The monoisotopic (exact) mass is 691 g/mol. The number of oxime groups is 1. The Morgan fingerprint density at radius 1 is 0.880 bits per heavy atom. The standard InChI is InChI=1S/C39H34ClN3O7/c1-43(31-12-5-3-6-13-31)32-18-15-27(16-19-32)9-4-2-7-14-33-36(42-50-39(33)47)28-17-20-35(34(40)26-28)41-37(45)29-10-8-11-30(25-29)38(46)49-24-23-48-22-21-44/h2-20,25-26,44H,21-24H2,1H3,(H,41,45). The third-order valence-electron chi connectivity index (χ3n) is 7.44. The fourth-order valence-electron chi connectivity index (χ4n) is 4.82. The van der Waals surface area contributed by atoms with Crippen LogP contribution in [0.4, 0.5) is 17.1 Å². The number of carbonyl (C=O) groups excluding carboxylic acids is 3. The number of nitrogens with one attached hydrogen (secondary N) is 1. The second-order valence-corrected chi connectivity index (χ2v) is 11.2. The summed E-state index contributed by atoms with van der Waals surface area (Å²) >= 11 is 6.52. The molecular weight excluding hydrogens is 658 g/mol. The molecule has 50 heavy (non-hydrogen) atoms. The summed E-state index contributed by atoms with van der Waals surface area (Å²) in [6.07, 6.45) is 8.95. The van der Waals surface area contributed by atoms with Crippen LogP contribution in [0.25, 0.3) is 6.08 Å². The number of esters is 1. The highest BCUT2D eigenvalue weighted by Gasteiger charge is 2.27. The largest absolute Gasteiger partial charge is 0.460 e. The zero-order valence-electron chi connectivity index (χ0n) is 27.1. The average Bonchev–Trinajstić information content (AvgIpc) is 3.52. The maximum absolute atomic E-state index is 13.0. The molecule has 1 aliphatic heterocycles. The van der Waals surface area contributed by atoms with E-state index in [9.17, 15) is 14.4 Å². The Balaban J connectivity index is 1.18. The number of nitrogens with zero attached hydrogens (tertiary/aromatic N) is 2. The summed E-state index contributed by atoms with van der Waals surface area (Å²) in [7, 11) is 2.02. The first-order valence-electron chi connectivity index (χ1n) is 15.6. The zero-order chi connectivity index (χ0) is 35.3. The molecule has 4 aromatic rings. The molecule has 4 aromatic carbocycles. The van der Waals surface area contributed by atoms with Gasteiger partial charge < -0.3 is 29.6 Å². The molecule has 0 radical (unpaired) electrons. The number of anilines is 3. The highest BCUT2D eigenvalue weighted by Crippen LogP contribution is 2.28. The second kappa shape index (κ2) is 17.5. The van der Waals surface area contributed by atoms with Crippen molar-refractivity contribution < 1.29 is 33.8 Å². The van der Waals surface area contributed by atoms with Crippen molar-refractivity contribution in [3.63, 3.8) is 0 Å². The fraction of sp³-hybridized carbons (Fsp3) is 0.128. The minimum Gasteiger partial charge on any atom is -0.460 e. The third kappa shape index (κ3) is 9.42. The Morgan fingerprint density at radius 3 is 2.40 bits per heavy atom. The first-order valence-corrected chi connectivity index (χ1v) is 16.0. The fourth-order valence-corrected chi connectivity index (χ4v) is 5.05. The van der Waals surface area contributed by atoms with Crippen LogP contribution in [-0.4, -0.2) is 62.1 Å². The average molecular weight is 692 g/mol. The van der Waals surface area contributed by atoms with Gasteiger partial charge in [-0.25, -0.2) is 9.59 Å². The minimum atomic E-state index is -0.615. The Morgan fingerprint density at radius 2 is 1.64 bits per heavy atom. The number of hydrogen-bond donors (Lipinski definition) is 2. The molecule has 0 saturated carbocycles. The van der Waals surface area contributed by atoms with Gasteiger partial charge >= 0.3 is 11.9 Å². The van der Waals surface area contributed by atoms with Crippen molar-refractivity contribution in [3.05, 3.63) is 154 Å². The molecule has 11 heteroatoms. The predicted octanol–water partition coefficient (Wildman–Crippen LogP) is 6.98. The van der Waals surface area contributed by atoms with Crippen LogP contribution in [0.2, 0.25) is 5.02 Å². The van der Waals surface area contributed by atoms with E-state index in [1.807, 2.05) is 49.5 Å². The van der Waals surface area contributed by atoms with Gasteiger partial charge in [0, 0.05) is 29.5 Å². The van der Waals surface area contributed by atoms with Crippen LogP contribution < -0.4 is 10.2 Å². The summed E-state index contributed by atoms with van der Waals surface area (Å²) in [5.41, 5.74) is 4.97. The van der Waals surface area contributed by atoms with Crippen molar-refractivity contribution in [1.82, 2.24) is 0 Å². The number of aliphatic hydroxyl groups is 1. The van der Waals surface area contributed by atoms with E-state index in [0.717, 1.165) is 16.9 Å². The van der Waals surface area contributed by atoms with Crippen molar-refractivity contribution >= 4 is 58.3 Å². The van der Waals surface area contributed by atoms with Gasteiger partial charge in [-0.1, -0.05) is 83.5 Å². The highest BCUT2D eigenvalue weighted by atomic mass is 35.5. The molecule has 0 saturated heterocycles.